The number of carbonyl (C=O) groups excluding carboxylic acids is 2. The summed E-state index contributed by atoms with van der Waals surface area (Å²) in [6, 6.07) is 7.54. The predicted molar refractivity (Wildman–Crippen MR) is 105 cm³/mol. The Morgan fingerprint density at radius 2 is 1.79 bits per heavy atom. The lowest BCUT2D eigenvalue weighted by molar-refractivity contribution is -0.147. The van der Waals surface area contributed by atoms with Gasteiger partial charge < -0.3 is 15.0 Å². The van der Waals surface area contributed by atoms with Gasteiger partial charge in [-0.25, -0.2) is 0 Å². The number of esters is 1. The zero-order valence-electron chi connectivity index (χ0n) is 16.4. The van der Waals surface area contributed by atoms with E-state index in [9.17, 15) is 14.4 Å². The van der Waals surface area contributed by atoms with Gasteiger partial charge in [-0.3, -0.25) is 14.4 Å². The van der Waals surface area contributed by atoms with Crippen LogP contribution < -0.4 is 10.9 Å². The molecular weight excluding hydrogens is 358 g/mol. The van der Waals surface area contributed by atoms with Crippen molar-refractivity contribution in [3.8, 4) is 6.07 Å². The third-order valence-corrected chi connectivity index (χ3v) is 4.37. The second-order valence-corrected chi connectivity index (χ2v) is 6.75. The standard InChI is InChI=1S/C21H23N3O4/c1-12-7-13(2)9-16(8-12)24-19(25)11-28-20(26)6-5-17-14(3)18(10-22)21(27)23-15(17)4/h7-9H,5-6,11H2,1-4H3,(H,23,27)(H,24,25). The first-order chi connectivity index (χ1) is 13.2. The molecule has 2 rings (SSSR count). The Morgan fingerprint density at radius 1 is 1.14 bits per heavy atom. The third-order valence-electron chi connectivity index (χ3n) is 4.37. The van der Waals surface area contributed by atoms with E-state index in [0.717, 1.165) is 16.7 Å². The number of aromatic amines is 1. The van der Waals surface area contributed by atoms with Crippen LogP contribution in [0.5, 0.6) is 0 Å². The molecule has 7 nitrogen and oxygen atoms in total. The number of aryl methyl sites for hydroxylation is 3. The molecular formula is C21H23N3O4. The van der Waals surface area contributed by atoms with Crippen LogP contribution in [-0.4, -0.2) is 23.5 Å². The lowest BCUT2D eigenvalue weighted by Gasteiger charge is -2.11. The van der Waals surface area contributed by atoms with Crippen molar-refractivity contribution in [2.75, 3.05) is 11.9 Å². The van der Waals surface area contributed by atoms with Crippen molar-refractivity contribution in [1.29, 1.82) is 5.26 Å². The molecule has 146 valence electrons. The number of aromatic nitrogens is 1. The fraction of sp³-hybridized carbons (Fsp3) is 0.333. The maximum absolute atomic E-state index is 12.0. The van der Waals surface area contributed by atoms with Gasteiger partial charge in [-0.2, -0.15) is 5.26 Å². The van der Waals surface area contributed by atoms with Gasteiger partial charge in [-0.1, -0.05) is 6.07 Å². The summed E-state index contributed by atoms with van der Waals surface area (Å²) in [4.78, 5) is 38.3. The molecule has 0 radical (unpaired) electrons. The van der Waals surface area contributed by atoms with Gasteiger partial charge in [0.15, 0.2) is 6.61 Å². The molecule has 0 fully saturated rings. The zero-order valence-corrected chi connectivity index (χ0v) is 16.4. The highest BCUT2D eigenvalue weighted by atomic mass is 16.5. The summed E-state index contributed by atoms with van der Waals surface area (Å²) in [5.41, 5.74) is 4.21. The quantitative estimate of drug-likeness (QED) is 0.747. The van der Waals surface area contributed by atoms with Crippen LogP contribution in [0, 0.1) is 39.0 Å². The molecule has 0 saturated heterocycles. The number of hydrogen-bond donors (Lipinski definition) is 2. The summed E-state index contributed by atoms with van der Waals surface area (Å²) in [6.07, 6.45) is 0.343. The monoisotopic (exact) mass is 381 g/mol. The van der Waals surface area contributed by atoms with Crippen LogP contribution in [0.2, 0.25) is 0 Å². The number of rotatable bonds is 6. The molecule has 0 bridgehead atoms. The van der Waals surface area contributed by atoms with E-state index < -0.39 is 17.4 Å². The van der Waals surface area contributed by atoms with Gasteiger partial charge in [-0.05, 0) is 68.5 Å². The van der Waals surface area contributed by atoms with Crippen molar-refractivity contribution in [3.63, 3.8) is 0 Å². The average molecular weight is 381 g/mol. The van der Waals surface area contributed by atoms with E-state index in [-0.39, 0.29) is 18.6 Å². The summed E-state index contributed by atoms with van der Waals surface area (Å²) in [6.45, 7) is 6.88. The van der Waals surface area contributed by atoms with Gasteiger partial charge in [0.25, 0.3) is 11.5 Å². The smallest absolute Gasteiger partial charge is 0.306 e. The van der Waals surface area contributed by atoms with E-state index in [1.54, 1.807) is 13.8 Å². The van der Waals surface area contributed by atoms with Crippen LogP contribution in [0.25, 0.3) is 0 Å². The number of hydrogen-bond acceptors (Lipinski definition) is 5. The van der Waals surface area contributed by atoms with E-state index >= 15 is 0 Å². The number of H-pyrrole nitrogens is 1. The highest BCUT2D eigenvalue weighted by molar-refractivity contribution is 5.93. The van der Waals surface area contributed by atoms with Gasteiger partial charge in [0.05, 0.1) is 0 Å². The molecule has 0 saturated carbocycles. The molecule has 28 heavy (non-hydrogen) atoms. The van der Waals surface area contributed by atoms with Gasteiger partial charge in [0.1, 0.15) is 11.6 Å². The number of nitrogens with one attached hydrogen (secondary N) is 2. The Balaban J connectivity index is 1.90. The highest BCUT2D eigenvalue weighted by Crippen LogP contribution is 2.16. The maximum atomic E-state index is 12.0. The SMILES string of the molecule is Cc1cc(C)cc(NC(=O)COC(=O)CCc2c(C)[nH]c(=O)c(C#N)c2C)c1. The predicted octanol–water partition coefficient (Wildman–Crippen LogP) is 2.59. The van der Waals surface area contributed by atoms with Crippen molar-refractivity contribution < 1.29 is 14.3 Å². The number of ether oxygens (including phenoxy) is 1. The van der Waals surface area contributed by atoms with Crippen molar-refractivity contribution in [2.45, 2.75) is 40.5 Å². The molecule has 1 heterocycles. The van der Waals surface area contributed by atoms with Crippen LogP contribution in [0.4, 0.5) is 5.69 Å². The Kier molecular flexibility index (Phi) is 6.72. The van der Waals surface area contributed by atoms with Crippen molar-refractivity contribution in [3.05, 3.63) is 62.1 Å². The molecule has 1 aromatic carbocycles. The lowest BCUT2D eigenvalue weighted by Crippen LogP contribution is -2.21. The molecule has 0 atom stereocenters. The van der Waals surface area contributed by atoms with Crippen LogP contribution >= 0.6 is 0 Å². The first-order valence-electron chi connectivity index (χ1n) is 8.87. The van der Waals surface area contributed by atoms with E-state index in [2.05, 4.69) is 10.3 Å². The molecule has 0 spiro atoms. The summed E-state index contributed by atoms with van der Waals surface area (Å²) in [5, 5.41) is 11.8. The highest BCUT2D eigenvalue weighted by Gasteiger charge is 2.14. The number of nitrogens with zero attached hydrogens (tertiary/aromatic N) is 1. The lowest BCUT2D eigenvalue weighted by atomic mass is 9.99. The van der Waals surface area contributed by atoms with Crippen molar-refractivity contribution in [2.24, 2.45) is 0 Å². The largest absolute Gasteiger partial charge is 0.456 e. The normalized spacial score (nSPS) is 10.2. The fourth-order valence-electron chi connectivity index (χ4n) is 3.11. The van der Waals surface area contributed by atoms with Crippen LogP contribution in [-0.2, 0) is 20.7 Å². The van der Waals surface area contributed by atoms with Gasteiger partial charge in [0, 0.05) is 17.8 Å². The number of anilines is 1. The summed E-state index contributed by atoms with van der Waals surface area (Å²) in [7, 11) is 0. The summed E-state index contributed by atoms with van der Waals surface area (Å²) >= 11 is 0. The molecule has 0 aliphatic heterocycles. The maximum Gasteiger partial charge on any atom is 0.306 e. The van der Waals surface area contributed by atoms with Gasteiger partial charge in [0.2, 0.25) is 0 Å². The van der Waals surface area contributed by atoms with E-state index in [1.165, 1.54) is 0 Å². The first kappa shape index (κ1) is 20.9. The molecule has 2 N–H and O–H groups in total. The Bertz CT molecular complexity index is 995. The molecule has 0 unspecified atom stereocenters. The van der Waals surface area contributed by atoms with E-state index in [1.807, 2.05) is 38.1 Å². The number of benzene rings is 1. The van der Waals surface area contributed by atoms with Crippen LogP contribution in [0.15, 0.2) is 23.0 Å². The second-order valence-electron chi connectivity index (χ2n) is 6.75. The number of amides is 1. The fourth-order valence-corrected chi connectivity index (χ4v) is 3.11. The molecule has 1 aromatic heterocycles. The Hall–Kier alpha value is -3.40. The van der Waals surface area contributed by atoms with Crippen molar-refractivity contribution >= 4 is 17.6 Å². The summed E-state index contributed by atoms with van der Waals surface area (Å²) in [5.74, 6) is -0.944. The minimum absolute atomic E-state index is 0.0371. The van der Waals surface area contributed by atoms with Gasteiger partial charge >= 0.3 is 5.97 Å². The Labute approximate surface area is 163 Å². The van der Waals surface area contributed by atoms with Gasteiger partial charge in [-0.15, -0.1) is 0 Å². The van der Waals surface area contributed by atoms with E-state index in [0.29, 0.717) is 23.4 Å². The minimum atomic E-state index is -0.529. The number of nitriles is 1. The molecule has 7 heteroatoms. The second kappa shape index (κ2) is 9.00. The molecule has 0 aliphatic rings. The first-order valence-corrected chi connectivity index (χ1v) is 8.87. The molecule has 0 aliphatic carbocycles. The summed E-state index contributed by atoms with van der Waals surface area (Å²) < 4.78 is 5.03. The number of pyridine rings is 1. The average Bonchev–Trinajstić information content (AvgIpc) is 2.59. The van der Waals surface area contributed by atoms with Crippen LogP contribution in [0.3, 0.4) is 0 Å². The third kappa shape index (κ3) is 5.30. The molecule has 1 amide bonds. The van der Waals surface area contributed by atoms with E-state index in [4.69, 9.17) is 10.00 Å². The minimum Gasteiger partial charge on any atom is -0.456 e. The topological polar surface area (TPSA) is 112 Å². The zero-order chi connectivity index (χ0) is 20.8. The van der Waals surface area contributed by atoms with Crippen molar-refractivity contribution in [1.82, 2.24) is 4.98 Å². The Morgan fingerprint density at radius 3 is 2.39 bits per heavy atom. The number of carbonyl (C=O) groups is 2. The van der Waals surface area contributed by atoms with Crippen LogP contribution in [0.1, 0.15) is 39.9 Å². The molecule has 2 aromatic rings.